The highest BCUT2D eigenvalue weighted by molar-refractivity contribution is 7.90. The van der Waals surface area contributed by atoms with Crippen LogP contribution in [-0.2, 0) is 22.1 Å². The van der Waals surface area contributed by atoms with Gasteiger partial charge in [0.15, 0.2) is 9.84 Å². The molecule has 7 heteroatoms. The third kappa shape index (κ3) is 5.65. The first-order chi connectivity index (χ1) is 13.8. The second-order valence-electron chi connectivity index (χ2n) is 6.88. The van der Waals surface area contributed by atoms with Gasteiger partial charge in [0.25, 0.3) is 0 Å². The Morgan fingerprint density at radius 3 is 2.48 bits per heavy atom. The number of urea groups is 1. The van der Waals surface area contributed by atoms with Gasteiger partial charge >= 0.3 is 6.03 Å². The van der Waals surface area contributed by atoms with Gasteiger partial charge in [-0.25, -0.2) is 13.2 Å². The maximum atomic E-state index is 12.8. The van der Waals surface area contributed by atoms with Crippen molar-refractivity contribution < 1.29 is 13.2 Å². The van der Waals surface area contributed by atoms with Crippen LogP contribution in [-0.4, -0.2) is 19.4 Å². The Balaban J connectivity index is 1.63. The summed E-state index contributed by atoms with van der Waals surface area (Å²) in [6.45, 7) is 4.19. The van der Waals surface area contributed by atoms with E-state index in [0.29, 0.717) is 12.2 Å². The molecular formula is C22H23N3O3S. The largest absolute Gasteiger partial charge is 0.334 e. The molecule has 0 saturated heterocycles. The molecule has 1 aromatic heterocycles. The number of amides is 2. The molecule has 2 aromatic carbocycles. The van der Waals surface area contributed by atoms with Crippen LogP contribution in [0.4, 0.5) is 10.5 Å². The van der Waals surface area contributed by atoms with E-state index < -0.39 is 9.84 Å². The Morgan fingerprint density at radius 1 is 1.03 bits per heavy atom. The molecule has 6 nitrogen and oxygen atoms in total. The molecule has 3 aromatic rings. The van der Waals surface area contributed by atoms with Crippen molar-refractivity contribution in [2.45, 2.75) is 31.0 Å². The van der Waals surface area contributed by atoms with Gasteiger partial charge in [-0.3, -0.25) is 4.98 Å². The molecular weight excluding hydrogens is 386 g/mol. The predicted molar refractivity (Wildman–Crippen MR) is 113 cm³/mol. The van der Waals surface area contributed by atoms with Crippen LogP contribution in [0.15, 0.2) is 71.9 Å². The van der Waals surface area contributed by atoms with Gasteiger partial charge in [-0.1, -0.05) is 29.8 Å². The lowest BCUT2D eigenvalue weighted by atomic mass is 10.1. The van der Waals surface area contributed by atoms with Crippen molar-refractivity contribution in [2.24, 2.45) is 0 Å². The number of benzene rings is 2. The first-order valence-corrected chi connectivity index (χ1v) is 10.8. The van der Waals surface area contributed by atoms with Crippen LogP contribution in [0, 0.1) is 13.8 Å². The number of hydrogen-bond donors (Lipinski definition) is 2. The van der Waals surface area contributed by atoms with E-state index >= 15 is 0 Å². The van der Waals surface area contributed by atoms with Crippen LogP contribution >= 0.6 is 0 Å². The lowest BCUT2D eigenvalue weighted by Gasteiger charge is -2.10. The zero-order chi connectivity index (χ0) is 20.9. The van der Waals surface area contributed by atoms with Crippen LogP contribution in [0.5, 0.6) is 0 Å². The average Bonchev–Trinajstić information content (AvgIpc) is 2.70. The van der Waals surface area contributed by atoms with Gasteiger partial charge in [0, 0.05) is 24.6 Å². The molecule has 0 saturated carbocycles. The van der Waals surface area contributed by atoms with Gasteiger partial charge < -0.3 is 10.6 Å². The quantitative estimate of drug-likeness (QED) is 0.644. The van der Waals surface area contributed by atoms with Crippen molar-refractivity contribution >= 4 is 21.6 Å². The summed E-state index contributed by atoms with van der Waals surface area (Å²) in [6, 6.07) is 15.3. The lowest BCUT2D eigenvalue weighted by molar-refractivity contribution is 0.251. The highest BCUT2D eigenvalue weighted by atomic mass is 32.2. The molecule has 0 atom stereocenters. The number of carbonyl (C=O) groups is 1. The number of anilines is 1. The maximum Gasteiger partial charge on any atom is 0.319 e. The van der Waals surface area contributed by atoms with Crippen molar-refractivity contribution in [1.29, 1.82) is 0 Å². The SMILES string of the molecule is Cc1ccc(C)c(CS(=O)(=O)c2ccc(NC(=O)NCc3cccnc3)cc2)c1. The fraction of sp³-hybridized carbons (Fsp3) is 0.182. The molecule has 150 valence electrons. The fourth-order valence-corrected chi connectivity index (χ4v) is 4.29. The molecule has 0 unspecified atom stereocenters. The number of aryl methyl sites for hydroxylation is 2. The van der Waals surface area contributed by atoms with Crippen molar-refractivity contribution in [3.63, 3.8) is 0 Å². The van der Waals surface area contributed by atoms with Gasteiger partial charge in [0.05, 0.1) is 10.6 Å². The minimum atomic E-state index is -3.48. The third-order valence-corrected chi connectivity index (χ3v) is 6.18. The number of hydrogen-bond acceptors (Lipinski definition) is 4. The summed E-state index contributed by atoms with van der Waals surface area (Å²) in [5, 5.41) is 5.42. The van der Waals surface area contributed by atoms with E-state index in [9.17, 15) is 13.2 Å². The summed E-state index contributed by atoms with van der Waals surface area (Å²) in [5.41, 5.74) is 4.16. The highest BCUT2D eigenvalue weighted by Gasteiger charge is 2.17. The summed E-state index contributed by atoms with van der Waals surface area (Å²) < 4.78 is 25.5. The first kappa shape index (κ1) is 20.5. The molecule has 0 bridgehead atoms. The lowest BCUT2D eigenvalue weighted by Crippen LogP contribution is -2.28. The number of rotatable bonds is 6. The summed E-state index contributed by atoms with van der Waals surface area (Å²) in [5.74, 6) is -0.0567. The number of carbonyl (C=O) groups excluding carboxylic acids is 1. The molecule has 0 fully saturated rings. The molecule has 0 spiro atoms. The smallest absolute Gasteiger partial charge is 0.319 e. The minimum absolute atomic E-state index is 0.0567. The van der Waals surface area contributed by atoms with E-state index in [1.807, 2.05) is 38.1 Å². The molecule has 0 aliphatic rings. The first-order valence-electron chi connectivity index (χ1n) is 9.16. The van der Waals surface area contributed by atoms with E-state index in [1.165, 1.54) is 12.1 Å². The highest BCUT2D eigenvalue weighted by Crippen LogP contribution is 2.21. The normalized spacial score (nSPS) is 11.1. The number of pyridine rings is 1. The Hall–Kier alpha value is -3.19. The van der Waals surface area contributed by atoms with Crippen molar-refractivity contribution in [3.05, 3.63) is 89.2 Å². The second-order valence-corrected chi connectivity index (χ2v) is 8.87. The molecule has 2 amide bonds. The zero-order valence-corrected chi connectivity index (χ0v) is 17.2. The molecule has 1 heterocycles. The molecule has 29 heavy (non-hydrogen) atoms. The van der Waals surface area contributed by atoms with E-state index in [2.05, 4.69) is 15.6 Å². The number of sulfone groups is 1. The van der Waals surface area contributed by atoms with Crippen molar-refractivity contribution in [3.8, 4) is 0 Å². The molecule has 0 aliphatic carbocycles. The van der Waals surface area contributed by atoms with Crippen LogP contribution in [0.3, 0.4) is 0 Å². The Morgan fingerprint density at radius 2 is 1.79 bits per heavy atom. The Bertz CT molecular complexity index is 1100. The standard InChI is InChI=1S/C22H23N3O3S/c1-16-5-6-17(2)19(12-16)15-29(27,28)21-9-7-20(8-10-21)25-22(26)24-14-18-4-3-11-23-13-18/h3-13H,14-15H2,1-2H3,(H2,24,25,26). The van der Waals surface area contributed by atoms with Crippen molar-refractivity contribution in [2.75, 3.05) is 5.32 Å². The minimum Gasteiger partial charge on any atom is -0.334 e. The second kappa shape index (κ2) is 8.87. The topological polar surface area (TPSA) is 88.2 Å². The zero-order valence-electron chi connectivity index (χ0n) is 16.3. The van der Waals surface area contributed by atoms with Crippen LogP contribution in [0.1, 0.15) is 22.3 Å². The third-order valence-electron chi connectivity index (χ3n) is 4.50. The van der Waals surface area contributed by atoms with Gasteiger partial charge in [0.2, 0.25) is 0 Å². The van der Waals surface area contributed by atoms with Crippen LogP contribution in [0.25, 0.3) is 0 Å². The summed E-state index contributed by atoms with van der Waals surface area (Å²) >= 11 is 0. The predicted octanol–water partition coefficient (Wildman–Crippen LogP) is 3.99. The Labute approximate surface area is 170 Å². The van der Waals surface area contributed by atoms with E-state index in [-0.39, 0.29) is 16.7 Å². The van der Waals surface area contributed by atoms with Gasteiger partial charge in [-0.2, -0.15) is 0 Å². The molecule has 3 rings (SSSR count). The molecule has 2 N–H and O–H groups in total. The summed E-state index contributed by atoms with van der Waals surface area (Å²) in [7, 11) is -3.48. The molecule has 0 aliphatic heterocycles. The summed E-state index contributed by atoms with van der Waals surface area (Å²) in [4.78, 5) is 16.2. The number of aromatic nitrogens is 1. The van der Waals surface area contributed by atoms with Crippen molar-refractivity contribution in [1.82, 2.24) is 10.3 Å². The molecule has 0 radical (unpaired) electrons. The van der Waals surface area contributed by atoms with Crippen LogP contribution < -0.4 is 10.6 Å². The van der Waals surface area contributed by atoms with E-state index in [4.69, 9.17) is 0 Å². The maximum absolute atomic E-state index is 12.8. The van der Waals surface area contributed by atoms with Gasteiger partial charge in [-0.05, 0) is 60.9 Å². The Kier molecular flexibility index (Phi) is 6.29. The average molecular weight is 410 g/mol. The van der Waals surface area contributed by atoms with E-state index in [0.717, 1.165) is 22.3 Å². The van der Waals surface area contributed by atoms with E-state index in [1.54, 1.807) is 30.6 Å². The fourth-order valence-electron chi connectivity index (χ4n) is 2.85. The van der Waals surface area contributed by atoms with Gasteiger partial charge in [0.1, 0.15) is 0 Å². The monoisotopic (exact) mass is 409 g/mol. The number of nitrogens with one attached hydrogen (secondary N) is 2. The summed E-state index contributed by atoms with van der Waals surface area (Å²) in [6.07, 6.45) is 3.34. The number of nitrogens with zero attached hydrogens (tertiary/aromatic N) is 1. The van der Waals surface area contributed by atoms with Crippen LogP contribution in [0.2, 0.25) is 0 Å². The van der Waals surface area contributed by atoms with Gasteiger partial charge in [-0.15, -0.1) is 0 Å².